The van der Waals surface area contributed by atoms with Crippen molar-refractivity contribution < 1.29 is 23.5 Å². The molecule has 0 rings (SSSR count). The number of hydrogen-bond donors (Lipinski definition) is 2. The van der Waals surface area contributed by atoms with Gasteiger partial charge in [-0.15, -0.1) is 0 Å². The molecule has 0 aliphatic rings. The second-order valence-corrected chi connectivity index (χ2v) is 5.01. The van der Waals surface area contributed by atoms with Gasteiger partial charge in [0.25, 0.3) is 0 Å². The monoisotopic (exact) mass is 241 g/mol. The molecule has 6 nitrogen and oxygen atoms in total. The Morgan fingerprint density at radius 2 is 1.93 bits per heavy atom. The summed E-state index contributed by atoms with van der Waals surface area (Å²) in [7, 11) is 0.209. The van der Waals surface area contributed by atoms with Crippen LogP contribution in [0.3, 0.4) is 0 Å². The Bertz CT molecular complexity index is 178. The number of methoxy groups -OCH3 is 1. The van der Waals surface area contributed by atoms with Crippen molar-refractivity contribution in [2.75, 3.05) is 53.3 Å². The molecule has 0 aromatic rings. The second kappa shape index (κ2) is 9.27. The van der Waals surface area contributed by atoms with Gasteiger partial charge in [0.1, 0.15) is 0 Å². The summed E-state index contributed by atoms with van der Waals surface area (Å²) >= 11 is 0. The Labute approximate surface area is 90.4 Å². The van der Waals surface area contributed by atoms with Crippen LogP contribution >= 0.6 is 7.60 Å². The topological polar surface area (TPSA) is 77.0 Å². The molecule has 7 heteroatoms. The molecule has 0 bridgehead atoms. The van der Waals surface area contributed by atoms with Gasteiger partial charge in [0.05, 0.1) is 32.6 Å². The van der Waals surface area contributed by atoms with Crippen molar-refractivity contribution in [2.45, 2.75) is 0 Å². The SMILES string of the molecule is CNCCP(=O)(OCCO)OCCOC. The highest BCUT2D eigenvalue weighted by atomic mass is 31.2. The molecule has 0 aromatic carbocycles. The van der Waals surface area contributed by atoms with Crippen LogP contribution in [0.2, 0.25) is 0 Å². The minimum absolute atomic E-state index is 0.0218. The summed E-state index contributed by atoms with van der Waals surface area (Å²) < 4.78 is 26.9. The fourth-order valence-electron chi connectivity index (χ4n) is 0.855. The molecule has 0 saturated carbocycles. The van der Waals surface area contributed by atoms with Crippen LogP contribution in [0.1, 0.15) is 0 Å². The first kappa shape index (κ1) is 15.0. The number of aliphatic hydroxyl groups excluding tert-OH is 1. The van der Waals surface area contributed by atoms with E-state index >= 15 is 0 Å². The van der Waals surface area contributed by atoms with Gasteiger partial charge in [0, 0.05) is 13.7 Å². The van der Waals surface area contributed by atoms with Gasteiger partial charge in [0.15, 0.2) is 0 Å². The molecule has 0 amide bonds. The zero-order chi connectivity index (χ0) is 11.6. The summed E-state index contributed by atoms with van der Waals surface area (Å²) in [6.07, 6.45) is 0.285. The average Bonchev–Trinajstić information content (AvgIpc) is 2.24. The fourth-order valence-corrected chi connectivity index (χ4v) is 2.40. The van der Waals surface area contributed by atoms with Crippen molar-refractivity contribution in [1.82, 2.24) is 5.32 Å². The van der Waals surface area contributed by atoms with Crippen LogP contribution in [0.4, 0.5) is 0 Å². The van der Waals surface area contributed by atoms with Crippen LogP contribution < -0.4 is 5.32 Å². The lowest BCUT2D eigenvalue weighted by molar-refractivity contribution is 0.119. The highest BCUT2D eigenvalue weighted by Crippen LogP contribution is 2.47. The van der Waals surface area contributed by atoms with E-state index in [9.17, 15) is 4.57 Å². The van der Waals surface area contributed by atoms with E-state index in [1.54, 1.807) is 7.05 Å². The molecule has 0 saturated heterocycles. The molecular weight excluding hydrogens is 221 g/mol. The Morgan fingerprint density at radius 3 is 2.47 bits per heavy atom. The normalized spacial score (nSPS) is 15.1. The predicted molar refractivity (Wildman–Crippen MR) is 57.3 cm³/mol. The molecule has 0 aliphatic carbocycles. The molecule has 1 atom stereocenters. The smallest absolute Gasteiger partial charge is 0.332 e. The van der Waals surface area contributed by atoms with Crippen molar-refractivity contribution >= 4 is 7.60 Å². The number of rotatable bonds is 10. The van der Waals surface area contributed by atoms with E-state index < -0.39 is 7.60 Å². The molecule has 0 heterocycles. The van der Waals surface area contributed by atoms with Crippen LogP contribution in [0, 0.1) is 0 Å². The van der Waals surface area contributed by atoms with Gasteiger partial charge in [-0.3, -0.25) is 4.57 Å². The van der Waals surface area contributed by atoms with Crippen molar-refractivity contribution in [3.05, 3.63) is 0 Å². The summed E-state index contributed by atoms with van der Waals surface area (Å²) in [4.78, 5) is 0. The number of aliphatic hydroxyl groups is 1. The molecule has 0 spiro atoms. The summed E-state index contributed by atoms with van der Waals surface area (Å²) in [6.45, 7) is 0.982. The first-order chi connectivity index (χ1) is 7.18. The van der Waals surface area contributed by atoms with E-state index in [1.807, 2.05) is 0 Å². The minimum Gasteiger partial charge on any atom is -0.394 e. The number of nitrogens with one attached hydrogen (secondary N) is 1. The maximum absolute atomic E-state index is 12.0. The van der Waals surface area contributed by atoms with Gasteiger partial charge in [0.2, 0.25) is 0 Å². The van der Waals surface area contributed by atoms with Crippen LogP contribution in [0.25, 0.3) is 0 Å². The highest BCUT2D eigenvalue weighted by molar-refractivity contribution is 7.53. The highest BCUT2D eigenvalue weighted by Gasteiger charge is 2.23. The molecule has 0 fully saturated rings. The number of hydrogen-bond acceptors (Lipinski definition) is 6. The van der Waals surface area contributed by atoms with Gasteiger partial charge in [-0.05, 0) is 7.05 Å². The summed E-state index contributed by atoms with van der Waals surface area (Å²) in [6, 6.07) is 0. The van der Waals surface area contributed by atoms with Crippen LogP contribution in [-0.4, -0.2) is 58.4 Å². The lowest BCUT2D eigenvalue weighted by atomic mass is 10.8. The largest absolute Gasteiger partial charge is 0.394 e. The van der Waals surface area contributed by atoms with E-state index in [-0.39, 0.29) is 26.0 Å². The standard InChI is InChI=1S/C8H20NO5P/c1-9-3-8-15(11,13-5-4-10)14-7-6-12-2/h9-10H,3-8H2,1-2H3. The average molecular weight is 241 g/mol. The van der Waals surface area contributed by atoms with E-state index in [0.717, 1.165) is 0 Å². The van der Waals surface area contributed by atoms with Crippen LogP contribution in [-0.2, 0) is 18.3 Å². The zero-order valence-electron chi connectivity index (χ0n) is 9.27. The summed E-state index contributed by atoms with van der Waals surface area (Å²) in [5.41, 5.74) is 0. The Kier molecular flexibility index (Phi) is 9.29. The Hall–Kier alpha value is 0.0300. The molecule has 0 radical (unpaired) electrons. The first-order valence-corrected chi connectivity index (χ1v) is 6.54. The van der Waals surface area contributed by atoms with E-state index in [2.05, 4.69) is 5.32 Å². The van der Waals surface area contributed by atoms with Gasteiger partial charge in [-0.2, -0.15) is 0 Å². The number of ether oxygens (including phenoxy) is 1. The van der Waals surface area contributed by atoms with Crippen molar-refractivity contribution in [3.63, 3.8) is 0 Å². The molecule has 1 unspecified atom stereocenters. The molecular formula is C8H20NO5P. The molecule has 92 valence electrons. The van der Waals surface area contributed by atoms with Crippen LogP contribution in [0.15, 0.2) is 0 Å². The van der Waals surface area contributed by atoms with Crippen molar-refractivity contribution in [2.24, 2.45) is 0 Å². The maximum atomic E-state index is 12.0. The van der Waals surface area contributed by atoms with E-state index in [4.69, 9.17) is 18.9 Å². The van der Waals surface area contributed by atoms with Crippen molar-refractivity contribution in [1.29, 1.82) is 0 Å². The Morgan fingerprint density at radius 1 is 1.27 bits per heavy atom. The first-order valence-electron chi connectivity index (χ1n) is 4.81. The van der Waals surface area contributed by atoms with Crippen molar-refractivity contribution in [3.8, 4) is 0 Å². The third-order valence-electron chi connectivity index (χ3n) is 1.59. The van der Waals surface area contributed by atoms with E-state index in [1.165, 1.54) is 7.11 Å². The third-order valence-corrected chi connectivity index (χ3v) is 3.51. The second-order valence-electron chi connectivity index (χ2n) is 2.82. The van der Waals surface area contributed by atoms with Gasteiger partial charge in [-0.25, -0.2) is 0 Å². The molecule has 0 aliphatic heterocycles. The quantitative estimate of drug-likeness (QED) is 0.416. The molecule has 2 N–H and O–H groups in total. The molecule has 15 heavy (non-hydrogen) atoms. The predicted octanol–water partition coefficient (Wildman–Crippen LogP) is 0.0708. The maximum Gasteiger partial charge on any atom is 0.332 e. The van der Waals surface area contributed by atoms with Gasteiger partial charge < -0.3 is 24.2 Å². The molecule has 0 aromatic heterocycles. The fraction of sp³-hybridized carbons (Fsp3) is 1.00. The van der Waals surface area contributed by atoms with Gasteiger partial charge in [-0.1, -0.05) is 0 Å². The van der Waals surface area contributed by atoms with Gasteiger partial charge >= 0.3 is 7.60 Å². The lowest BCUT2D eigenvalue weighted by Gasteiger charge is -2.17. The summed E-state index contributed by atoms with van der Waals surface area (Å²) in [5.74, 6) is 0. The minimum atomic E-state index is -3.08. The van der Waals surface area contributed by atoms with Crippen LogP contribution in [0.5, 0.6) is 0 Å². The lowest BCUT2D eigenvalue weighted by Crippen LogP contribution is -2.16. The Balaban J connectivity index is 3.96. The third kappa shape index (κ3) is 7.90. The van der Waals surface area contributed by atoms with E-state index in [0.29, 0.717) is 13.2 Å². The zero-order valence-corrected chi connectivity index (χ0v) is 10.2. The summed E-state index contributed by atoms with van der Waals surface area (Å²) in [5, 5.41) is 11.4.